The smallest absolute Gasteiger partial charge is 0.236 e. The third-order valence-electron chi connectivity index (χ3n) is 3.64. The summed E-state index contributed by atoms with van der Waals surface area (Å²) in [6.07, 6.45) is 1.15. The van der Waals surface area contributed by atoms with Crippen molar-refractivity contribution < 1.29 is 13.2 Å². The molecule has 0 N–H and O–H groups in total. The van der Waals surface area contributed by atoms with E-state index in [1.165, 1.54) is 12.1 Å². The van der Waals surface area contributed by atoms with Crippen molar-refractivity contribution in [2.24, 2.45) is 0 Å². The van der Waals surface area contributed by atoms with Crippen LogP contribution in [0, 0.1) is 11.8 Å². The average Bonchev–Trinajstić information content (AvgIpc) is 2.59. The zero-order chi connectivity index (χ0) is 17.2. The van der Waals surface area contributed by atoms with Crippen molar-refractivity contribution in [1.29, 1.82) is 0 Å². The van der Waals surface area contributed by atoms with Crippen molar-refractivity contribution in [3.63, 3.8) is 0 Å². The fourth-order valence-electron chi connectivity index (χ4n) is 2.41. The zero-order valence-electron chi connectivity index (χ0n) is 13.0. The molecule has 0 aliphatic rings. The van der Waals surface area contributed by atoms with Crippen molar-refractivity contribution in [2.75, 3.05) is 6.26 Å². The highest BCUT2D eigenvalue weighted by Crippen LogP contribution is 2.18. The fourth-order valence-corrected chi connectivity index (χ4v) is 3.04. The summed E-state index contributed by atoms with van der Waals surface area (Å²) in [5.74, 6) is 5.15. The molecule has 118 valence electrons. The van der Waals surface area contributed by atoms with E-state index in [2.05, 4.69) is 11.8 Å². The normalized spacial score (nSPS) is 10.9. The van der Waals surface area contributed by atoms with Crippen LogP contribution < -0.4 is 0 Å². The predicted molar refractivity (Wildman–Crippen MR) is 94.7 cm³/mol. The summed E-state index contributed by atoms with van der Waals surface area (Å²) in [4.78, 5) is 12.6. The number of Topliss-reactive ketones (excluding diaryl/α,β-unsaturated/α-hetero) is 1. The molecule has 0 bridgehead atoms. The van der Waals surface area contributed by atoms with Crippen molar-refractivity contribution >= 4 is 26.4 Å². The largest absolute Gasteiger partial charge is 0.279 e. The predicted octanol–water partition coefficient (Wildman–Crippen LogP) is 3.48. The van der Waals surface area contributed by atoms with Gasteiger partial charge in [-0.25, -0.2) is 8.42 Å². The molecule has 3 aromatic rings. The Labute approximate surface area is 140 Å². The minimum atomic E-state index is -3.23. The molecule has 3 nitrogen and oxygen atoms in total. The molecule has 0 heterocycles. The summed E-state index contributed by atoms with van der Waals surface area (Å²) < 4.78 is 22.9. The second-order valence-corrected chi connectivity index (χ2v) is 7.42. The highest BCUT2D eigenvalue weighted by atomic mass is 32.2. The first-order chi connectivity index (χ1) is 11.4. The van der Waals surface area contributed by atoms with Gasteiger partial charge in [-0.05, 0) is 47.0 Å². The lowest BCUT2D eigenvalue weighted by Crippen LogP contribution is -1.97. The van der Waals surface area contributed by atoms with E-state index in [4.69, 9.17) is 0 Å². The van der Waals surface area contributed by atoms with Crippen molar-refractivity contribution in [1.82, 2.24) is 0 Å². The number of carbonyl (C=O) groups is 1. The van der Waals surface area contributed by atoms with Crippen molar-refractivity contribution in [3.8, 4) is 11.8 Å². The zero-order valence-corrected chi connectivity index (χ0v) is 13.8. The standard InChI is InChI=1S/C20H14O3S/c1-24(22,23)17-12-9-15(10-13-17)11-14-20(21)19-8-4-6-16-5-2-3-7-18(16)19/h2-10,12-13H,1H3. The number of ketones is 1. The summed E-state index contributed by atoms with van der Waals surface area (Å²) in [5.41, 5.74) is 1.16. The van der Waals surface area contributed by atoms with Gasteiger partial charge in [0.05, 0.1) is 4.90 Å². The topological polar surface area (TPSA) is 51.2 Å². The van der Waals surface area contributed by atoms with Gasteiger partial charge in [-0.3, -0.25) is 4.79 Å². The van der Waals surface area contributed by atoms with Crippen LogP contribution in [0.4, 0.5) is 0 Å². The third-order valence-corrected chi connectivity index (χ3v) is 4.77. The summed E-state index contributed by atoms with van der Waals surface area (Å²) >= 11 is 0. The van der Waals surface area contributed by atoms with E-state index in [0.29, 0.717) is 11.1 Å². The van der Waals surface area contributed by atoms with Crippen LogP contribution in [0.5, 0.6) is 0 Å². The Balaban J connectivity index is 1.92. The molecular weight excluding hydrogens is 320 g/mol. The van der Waals surface area contributed by atoms with Gasteiger partial charge in [0.2, 0.25) is 5.78 Å². The van der Waals surface area contributed by atoms with Gasteiger partial charge in [0, 0.05) is 17.4 Å². The number of benzene rings is 3. The summed E-state index contributed by atoms with van der Waals surface area (Å²) in [6.45, 7) is 0. The number of hydrogen-bond donors (Lipinski definition) is 0. The SMILES string of the molecule is CS(=O)(=O)c1ccc(C#CC(=O)c2cccc3ccccc23)cc1. The van der Waals surface area contributed by atoms with Crippen LogP contribution in [0.25, 0.3) is 10.8 Å². The summed E-state index contributed by atoms with van der Waals surface area (Å²) in [7, 11) is -3.23. The fraction of sp³-hybridized carbons (Fsp3) is 0.0500. The van der Waals surface area contributed by atoms with Crippen LogP contribution in [-0.2, 0) is 9.84 Å². The monoisotopic (exact) mass is 334 g/mol. The van der Waals surface area contributed by atoms with Crippen molar-refractivity contribution in [3.05, 3.63) is 77.9 Å². The lowest BCUT2D eigenvalue weighted by Gasteiger charge is -2.01. The number of sulfone groups is 1. The van der Waals surface area contributed by atoms with Gasteiger partial charge in [-0.15, -0.1) is 0 Å². The lowest BCUT2D eigenvalue weighted by atomic mass is 10.0. The van der Waals surface area contributed by atoms with E-state index in [-0.39, 0.29) is 10.7 Å². The molecule has 0 spiro atoms. The Kier molecular flexibility index (Phi) is 4.20. The van der Waals surface area contributed by atoms with Crippen LogP contribution in [0.15, 0.2) is 71.6 Å². The maximum atomic E-state index is 12.4. The van der Waals surface area contributed by atoms with E-state index in [1.54, 1.807) is 18.2 Å². The first-order valence-electron chi connectivity index (χ1n) is 7.29. The van der Waals surface area contributed by atoms with Crippen molar-refractivity contribution in [2.45, 2.75) is 4.90 Å². The molecule has 3 aromatic carbocycles. The molecule has 0 aromatic heterocycles. The molecule has 0 atom stereocenters. The van der Waals surface area contributed by atoms with Crippen LogP contribution >= 0.6 is 0 Å². The lowest BCUT2D eigenvalue weighted by molar-refractivity contribution is 0.105. The first kappa shape index (κ1) is 16.0. The quantitative estimate of drug-likeness (QED) is 0.532. The maximum Gasteiger partial charge on any atom is 0.236 e. The molecule has 0 fully saturated rings. The van der Waals surface area contributed by atoms with E-state index in [9.17, 15) is 13.2 Å². The van der Waals surface area contributed by atoms with Gasteiger partial charge in [0.1, 0.15) is 0 Å². The summed E-state index contributed by atoms with van der Waals surface area (Å²) in [6, 6.07) is 19.4. The van der Waals surface area contributed by atoms with E-state index in [1.807, 2.05) is 36.4 Å². The van der Waals surface area contributed by atoms with Crippen LogP contribution in [-0.4, -0.2) is 20.5 Å². The van der Waals surface area contributed by atoms with Gasteiger partial charge >= 0.3 is 0 Å². The number of hydrogen-bond acceptors (Lipinski definition) is 3. The molecule has 0 saturated carbocycles. The van der Waals surface area contributed by atoms with E-state index >= 15 is 0 Å². The maximum absolute atomic E-state index is 12.4. The Morgan fingerprint density at radius 1 is 0.875 bits per heavy atom. The molecule has 24 heavy (non-hydrogen) atoms. The minimum Gasteiger partial charge on any atom is -0.279 e. The number of carbonyl (C=O) groups excluding carboxylic acids is 1. The minimum absolute atomic E-state index is 0.230. The van der Waals surface area contributed by atoms with Gasteiger partial charge in [0.25, 0.3) is 0 Å². The molecular formula is C20H14O3S. The Hall–Kier alpha value is -2.90. The van der Waals surface area contributed by atoms with Gasteiger partial charge < -0.3 is 0 Å². The molecule has 0 unspecified atom stereocenters. The summed E-state index contributed by atoms with van der Waals surface area (Å²) in [5, 5.41) is 1.86. The molecule has 0 radical (unpaired) electrons. The van der Waals surface area contributed by atoms with Crippen LogP contribution in [0.3, 0.4) is 0 Å². The molecule has 3 rings (SSSR count). The Bertz CT molecular complexity index is 1080. The highest BCUT2D eigenvalue weighted by molar-refractivity contribution is 7.90. The first-order valence-corrected chi connectivity index (χ1v) is 9.18. The number of fused-ring (bicyclic) bond motifs is 1. The number of rotatable bonds is 2. The highest BCUT2D eigenvalue weighted by Gasteiger charge is 2.07. The molecule has 0 aliphatic heterocycles. The molecule has 4 heteroatoms. The van der Waals surface area contributed by atoms with Gasteiger partial charge in [0.15, 0.2) is 9.84 Å². The third kappa shape index (κ3) is 3.37. The Morgan fingerprint density at radius 3 is 2.25 bits per heavy atom. The second kappa shape index (κ2) is 6.31. The molecule has 0 amide bonds. The molecule has 0 saturated heterocycles. The Morgan fingerprint density at radius 2 is 1.54 bits per heavy atom. The molecule has 0 aliphatic carbocycles. The second-order valence-electron chi connectivity index (χ2n) is 5.40. The van der Waals surface area contributed by atoms with Gasteiger partial charge in [-0.2, -0.15) is 0 Å². The van der Waals surface area contributed by atoms with Crippen LogP contribution in [0.2, 0.25) is 0 Å². The van der Waals surface area contributed by atoms with E-state index in [0.717, 1.165) is 17.0 Å². The average molecular weight is 334 g/mol. The van der Waals surface area contributed by atoms with E-state index < -0.39 is 9.84 Å². The van der Waals surface area contributed by atoms with Gasteiger partial charge in [-0.1, -0.05) is 42.3 Å². The van der Waals surface area contributed by atoms with Crippen LogP contribution in [0.1, 0.15) is 15.9 Å².